The first-order valence-electron chi connectivity index (χ1n) is 22.9. The second-order valence-electron chi connectivity index (χ2n) is 22.4. The molecule has 1 aliphatic carbocycles. The number of fused-ring (bicyclic) bond motifs is 7. The highest BCUT2D eigenvalue weighted by atomic mass is 16.3. The summed E-state index contributed by atoms with van der Waals surface area (Å²) in [5.74, 6) is 0. The minimum atomic E-state index is -0.103. The van der Waals surface area contributed by atoms with Crippen LogP contribution in [-0.4, -0.2) is 6.71 Å². The van der Waals surface area contributed by atoms with Crippen molar-refractivity contribution in [3.8, 4) is 11.1 Å². The summed E-state index contributed by atoms with van der Waals surface area (Å²) in [7, 11) is 0. The number of rotatable bonds is 3. The van der Waals surface area contributed by atoms with Crippen LogP contribution in [0.15, 0.2) is 108 Å². The standard InChI is InChI=1S/C58H63BN2O/c1-34-28-48-52-49(29-34)61(46-24-20-39(30-37(46)4)55(5,6)7)47-25-21-40(56(8,9)10)31-45(47)59(52)54-53(42-32-43-44(33-50(42)62-54)58(13,14)27-26-57(43,11)12)60(48)41-22-18-38(19-23-41)51-35(2)16-15-17-36(51)3/h15-25,28-33H,26-27H2,1-14H3. The highest BCUT2D eigenvalue weighted by Gasteiger charge is 2.48. The van der Waals surface area contributed by atoms with Crippen molar-refractivity contribution in [2.24, 2.45) is 0 Å². The Bertz CT molecular complexity index is 2960. The fourth-order valence-corrected chi connectivity index (χ4v) is 11.1. The topological polar surface area (TPSA) is 19.6 Å². The van der Waals surface area contributed by atoms with Crippen LogP contribution in [0.1, 0.15) is 127 Å². The van der Waals surface area contributed by atoms with Crippen molar-refractivity contribution < 1.29 is 4.42 Å². The van der Waals surface area contributed by atoms with Gasteiger partial charge in [-0.15, -0.1) is 0 Å². The quantitative estimate of drug-likeness (QED) is 0.166. The molecule has 0 saturated carbocycles. The summed E-state index contributed by atoms with van der Waals surface area (Å²) in [4.78, 5) is 5.11. The Morgan fingerprint density at radius 3 is 1.73 bits per heavy atom. The molecule has 0 atom stereocenters. The van der Waals surface area contributed by atoms with Crippen molar-refractivity contribution in [2.75, 3.05) is 9.80 Å². The third kappa shape index (κ3) is 6.14. The second-order valence-corrected chi connectivity index (χ2v) is 22.4. The lowest BCUT2D eigenvalue weighted by molar-refractivity contribution is 0.332. The van der Waals surface area contributed by atoms with Crippen molar-refractivity contribution in [1.82, 2.24) is 0 Å². The minimum Gasteiger partial charge on any atom is -0.468 e. The molecule has 7 aromatic rings. The molecule has 6 aromatic carbocycles. The predicted octanol–water partition coefficient (Wildman–Crippen LogP) is 14.4. The third-order valence-corrected chi connectivity index (χ3v) is 14.8. The lowest BCUT2D eigenvalue weighted by Gasteiger charge is -2.43. The maximum Gasteiger partial charge on any atom is 0.297 e. The summed E-state index contributed by atoms with van der Waals surface area (Å²) in [6, 6.07) is 40.1. The lowest BCUT2D eigenvalue weighted by atomic mass is 9.35. The average Bonchev–Trinajstić information content (AvgIpc) is 3.57. The van der Waals surface area contributed by atoms with Crippen LogP contribution in [-0.2, 0) is 21.7 Å². The van der Waals surface area contributed by atoms with Crippen molar-refractivity contribution in [2.45, 2.75) is 131 Å². The van der Waals surface area contributed by atoms with Gasteiger partial charge in [0.1, 0.15) is 5.58 Å². The van der Waals surface area contributed by atoms with E-state index in [-0.39, 0.29) is 28.4 Å². The summed E-state index contributed by atoms with van der Waals surface area (Å²) < 4.78 is 7.51. The van der Waals surface area contributed by atoms with Gasteiger partial charge in [-0.25, -0.2) is 0 Å². The molecule has 1 aromatic heterocycles. The van der Waals surface area contributed by atoms with E-state index in [1.807, 2.05) is 0 Å². The van der Waals surface area contributed by atoms with E-state index < -0.39 is 0 Å². The first-order valence-corrected chi connectivity index (χ1v) is 22.9. The van der Waals surface area contributed by atoms with Crippen LogP contribution in [0.2, 0.25) is 0 Å². The first kappa shape index (κ1) is 40.6. The maximum absolute atomic E-state index is 7.51. The Balaban J connectivity index is 1.30. The molecule has 0 N–H and O–H groups in total. The number of hydrogen-bond acceptors (Lipinski definition) is 3. The molecule has 3 aliphatic rings. The minimum absolute atomic E-state index is 0.0364. The van der Waals surface area contributed by atoms with Gasteiger partial charge in [0, 0.05) is 33.8 Å². The zero-order chi connectivity index (χ0) is 44.0. The van der Waals surface area contributed by atoms with Gasteiger partial charge in [-0.3, -0.25) is 0 Å². The van der Waals surface area contributed by atoms with Crippen LogP contribution in [0.25, 0.3) is 22.1 Å². The molecule has 314 valence electrons. The molecule has 10 rings (SSSR count). The van der Waals surface area contributed by atoms with Crippen molar-refractivity contribution in [1.29, 1.82) is 0 Å². The summed E-state index contributed by atoms with van der Waals surface area (Å²) in [5.41, 5.74) is 25.1. The molecule has 0 spiro atoms. The molecule has 0 saturated heterocycles. The van der Waals surface area contributed by atoms with Crippen molar-refractivity contribution in [3.63, 3.8) is 0 Å². The number of furan rings is 1. The van der Waals surface area contributed by atoms with E-state index in [0.29, 0.717) is 0 Å². The average molecular weight is 815 g/mol. The monoisotopic (exact) mass is 815 g/mol. The predicted molar refractivity (Wildman–Crippen MR) is 267 cm³/mol. The Labute approximate surface area is 371 Å². The SMILES string of the molecule is Cc1cc2c3c(c1)N(c1ccc(-c4c(C)cccc4C)cc1)c1c(oc4cc5c(cc14)C(C)(C)CCC5(C)C)B3c1cc(C(C)(C)C)ccc1N2c1ccc(C(C)(C)C)cc1C. The van der Waals surface area contributed by atoms with E-state index in [2.05, 4.69) is 210 Å². The van der Waals surface area contributed by atoms with Crippen LogP contribution in [0.5, 0.6) is 0 Å². The van der Waals surface area contributed by atoms with Gasteiger partial charge in [0.15, 0.2) is 0 Å². The fraction of sp³-hybridized carbons (Fsp3) is 0.345. The zero-order valence-corrected chi connectivity index (χ0v) is 39.6. The smallest absolute Gasteiger partial charge is 0.297 e. The van der Waals surface area contributed by atoms with E-state index in [1.165, 1.54) is 100 Å². The Morgan fingerprint density at radius 1 is 0.565 bits per heavy atom. The molecule has 0 bridgehead atoms. The van der Waals surface area contributed by atoms with Crippen LogP contribution in [0, 0.1) is 27.7 Å². The fourth-order valence-electron chi connectivity index (χ4n) is 11.1. The molecule has 3 heterocycles. The van der Waals surface area contributed by atoms with Crippen molar-refractivity contribution in [3.05, 3.63) is 148 Å². The Hall–Kier alpha value is -5.48. The first-order chi connectivity index (χ1) is 29.1. The number of anilines is 6. The second kappa shape index (κ2) is 13.5. The molecule has 0 fully saturated rings. The summed E-state index contributed by atoms with van der Waals surface area (Å²) in [6.45, 7) is 32.5. The molecule has 0 radical (unpaired) electrons. The molecular weight excluding hydrogens is 751 g/mol. The maximum atomic E-state index is 7.51. The molecule has 0 amide bonds. The molecule has 2 aliphatic heterocycles. The molecule has 0 unspecified atom stereocenters. The number of hydrogen-bond donors (Lipinski definition) is 0. The van der Waals surface area contributed by atoms with Crippen molar-refractivity contribution >= 4 is 68.4 Å². The van der Waals surface area contributed by atoms with E-state index in [0.717, 1.165) is 29.8 Å². The Kier molecular flexibility index (Phi) is 8.85. The number of benzene rings is 6. The van der Waals surface area contributed by atoms with E-state index >= 15 is 0 Å². The van der Waals surface area contributed by atoms with Crippen LogP contribution in [0.4, 0.5) is 34.1 Å². The van der Waals surface area contributed by atoms with Gasteiger partial charge in [0.05, 0.1) is 11.3 Å². The van der Waals surface area contributed by atoms with Gasteiger partial charge in [-0.2, -0.15) is 0 Å². The van der Waals surface area contributed by atoms with E-state index in [9.17, 15) is 0 Å². The van der Waals surface area contributed by atoms with E-state index in [4.69, 9.17) is 4.42 Å². The van der Waals surface area contributed by atoms with Gasteiger partial charge in [0.2, 0.25) is 0 Å². The van der Waals surface area contributed by atoms with Gasteiger partial charge in [0.25, 0.3) is 6.71 Å². The molecule has 3 nitrogen and oxygen atoms in total. The van der Waals surface area contributed by atoms with Crippen LogP contribution < -0.4 is 26.4 Å². The summed E-state index contributed by atoms with van der Waals surface area (Å²) in [6.07, 6.45) is 2.31. The van der Waals surface area contributed by atoms with Gasteiger partial charge < -0.3 is 14.2 Å². The third-order valence-electron chi connectivity index (χ3n) is 14.8. The summed E-state index contributed by atoms with van der Waals surface area (Å²) in [5, 5.41) is 1.20. The lowest BCUT2D eigenvalue weighted by Crippen LogP contribution is -2.61. The highest BCUT2D eigenvalue weighted by molar-refractivity contribution is 7.00. The molecule has 62 heavy (non-hydrogen) atoms. The van der Waals surface area contributed by atoms with Gasteiger partial charge in [-0.05, 0) is 177 Å². The zero-order valence-electron chi connectivity index (χ0n) is 39.6. The molecule has 4 heteroatoms. The number of nitrogens with zero attached hydrogens (tertiary/aromatic N) is 2. The molecular formula is C58H63BN2O. The Morgan fingerprint density at radius 2 is 1.13 bits per heavy atom. The summed E-state index contributed by atoms with van der Waals surface area (Å²) >= 11 is 0. The number of aryl methyl sites for hydroxylation is 4. The normalized spacial score (nSPS) is 16.3. The highest BCUT2D eigenvalue weighted by Crippen LogP contribution is 2.52. The van der Waals surface area contributed by atoms with Gasteiger partial charge >= 0.3 is 0 Å². The van der Waals surface area contributed by atoms with Gasteiger partial charge in [-0.1, -0.05) is 124 Å². The largest absolute Gasteiger partial charge is 0.468 e. The van der Waals surface area contributed by atoms with Crippen LogP contribution in [0.3, 0.4) is 0 Å². The van der Waals surface area contributed by atoms with Crippen LogP contribution >= 0.6 is 0 Å². The van der Waals surface area contributed by atoms with E-state index in [1.54, 1.807) is 0 Å².